The van der Waals surface area contributed by atoms with Gasteiger partial charge in [0.15, 0.2) is 0 Å². The number of aryl methyl sites for hydroxylation is 1. The van der Waals surface area contributed by atoms with E-state index < -0.39 is 0 Å². The highest BCUT2D eigenvalue weighted by molar-refractivity contribution is 5.83. The van der Waals surface area contributed by atoms with E-state index in [2.05, 4.69) is 9.97 Å². The minimum Gasteiger partial charge on any atom is -0.310 e. The fraction of sp³-hybridized carbons (Fsp3) is 0.0667. The number of nitrogens with zero attached hydrogens (tertiary/aromatic N) is 1. The normalized spacial score (nSPS) is 10.7. The molecule has 0 bridgehead atoms. The Hall–Kier alpha value is -2.42. The zero-order chi connectivity index (χ0) is 12.5. The van der Waals surface area contributed by atoms with Crippen LogP contribution in [0.25, 0.3) is 22.0 Å². The quantitative estimate of drug-likeness (QED) is 0.706. The van der Waals surface area contributed by atoms with Crippen LogP contribution in [0.3, 0.4) is 0 Å². The lowest BCUT2D eigenvalue weighted by molar-refractivity contribution is 1.06. The maximum absolute atomic E-state index is 11.8. The lowest BCUT2D eigenvalue weighted by Gasteiger charge is -2.03. The summed E-state index contributed by atoms with van der Waals surface area (Å²) in [6.07, 6.45) is 0. The first-order chi connectivity index (χ1) is 8.74. The monoisotopic (exact) mass is 236 g/mol. The number of H-pyrrole nitrogens is 1. The van der Waals surface area contributed by atoms with Crippen LogP contribution in [0.15, 0.2) is 53.3 Å². The van der Waals surface area contributed by atoms with Crippen LogP contribution >= 0.6 is 0 Å². The minimum absolute atomic E-state index is 0.0860. The van der Waals surface area contributed by atoms with Gasteiger partial charge < -0.3 is 4.98 Å². The Morgan fingerprint density at radius 3 is 2.56 bits per heavy atom. The lowest BCUT2D eigenvalue weighted by Crippen LogP contribution is -2.09. The number of hydrogen-bond donors (Lipinski definition) is 1. The predicted molar refractivity (Wildman–Crippen MR) is 72.5 cm³/mol. The van der Waals surface area contributed by atoms with Gasteiger partial charge in [-0.15, -0.1) is 0 Å². The van der Waals surface area contributed by atoms with Gasteiger partial charge in [0.25, 0.3) is 5.56 Å². The van der Waals surface area contributed by atoms with Crippen molar-refractivity contribution in [2.75, 3.05) is 0 Å². The fourth-order valence-corrected chi connectivity index (χ4v) is 2.07. The van der Waals surface area contributed by atoms with Gasteiger partial charge in [-0.05, 0) is 30.2 Å². The molecule has 2 aromatic carbocycles. The van der Waals surface area contributed by atoms with Crippen molar-refractivity contribution < 1.29 is 0 Å². The number of rotatable bonds is 1. The third kappa shape index (κ3) is 1.80. The van der Waals surface area contributed by atoms with Crippen LogP contribution in [0, 0.1) is 6.92 Å². The standard InChI is InChI=1S/C15H12N2O/c1-10-16-14-9-12(11-5-3-2-4-6-11)7-8-13(14)15(18)17-10/h2-9H,1H3,(H,16,17,18). The molecule has 1 N–H and O–H groups in total. The Kier molecular flexibility index (Phi) is 2.45. The molecule has 0 saturated carbocycles. The number of benzene rings is 2. The molecule has 3 aromatic rings. The topological polar surface area (TPSA) is 45.8 Å². The van der Waals surface area contributed by atoms with Crippen LogP contribution in [0.2, 0.25) is 0 Å². The molecule has 0 saturated heterocycles. The van der Waals surface area contributed by atoms with Crippen molar-refractivity contribution >= 4 is 10.9 Å². The molecule has 3 heteroatoms. The highest BCUT2D eigenvalue weighted by Crippen LogP contribution is 2.21. The van der Waals surface area contributed by atoms with Crippen LogP contribution in [-0.4, -0.2) is 9.97 Å². The number of nitrogens with one attached hydrogen (secondary N) is 1. The zero-order valence-corrected chi connectivity index (χ0v) is 9.97. The Morgan fingerprint density at radius 1 is 1.00 bits per heavy atom. The van der Waals surface area contributed by atoms with Crippen molar-refractivity contribution in [3.05, 3.63) is 64.7 Å². The van der Waals surface area contributed by atoms with E-state index in [-0.39, 0.29) is 5.56 Å². The third-order valence-corrected chi connectivity index (χ3v) is 2.93. The van der Waals surface area contributed by atoms with Gasteiger partial charge in [-0.3, -0.25) is 4.79 Å². The summed E-state index contributed by atoms with van der Waals surface area (Å²) in [5, 5.41) is 0.625. The van der Waals surface area contributed by atoms with Crippen molar-refractivity contribution in [1.29, 1.82) is 0 Å². The molecule has 0 aliphatic rings. The average Bonchev–Trinajstić information content (AvgIpc) is 2.39. The van der Waals surface area contributed by atoms with E-state index >= 15 is 0 Å². The first-order valence-electron chi connectivity index (χ1n) is 5.80. The highest BCUT2D eigenvalue weighted by atomic mass is 16.1. The van der Waals surface area contributed by atoms with Crippen LogP contribution in [0.5, 0.6) is 0 Å². The summed E-state index contributed by atoms with van der Waals surface area (Å²) < 4.78 is 0. The van der Waals surface area contributed by atoms with Crippen LogP contribution in [0.1, 0.15) is 5.82 Å². The van der Waals surface area contributed by atoms with E-state index in [9.17, 15) is 4.79 Å². The average molecular weight is 236 g/mol. The molecule has 18 heavy (non-hydrogen) atoms. The van der Waals surface area contributed by atoms with Crippen molar-refractivity contribution in [3.63, 3.8) is 0 Å². The van der Waals surface area contributed by atoms with Gasteiger partial charge in [-0.25, -0.2) is 4.98 Å². The van der Waals surface area contributed by atoms with Crippen molar-refractivity contribution in [1.82, 2.24) is 9.97 Å². The Labute approximate surface area is 104 Å². The van der Waals surface area contributed by atoms with E-state index in [0.29, 0.717) is 11.2 Å². The lowest BCUT2D eigenvalue weighted by atomic mass is 10.0. The highest BCUT2D eigenvalue weighted by Gasteiger charge is 2.03. The maximum atomic E-state index is 11.8. The van der Waals surface area contributed by atoms with E-state index in [1.807, 2.05) is 48.5 Å². The summed E-state index contributed by atoms with van der Waals surface area (Å²) in [6, 6.07) is 15.8. The molecule has 0 aliphatic heterocycles. The molecule has 0 aliphatic carbocycles. The Morgan fingerprint density at radius 2 is 1.78 bits per heavy atom. The summed E-state index contributed by atoms with van der Waals surface area (Å²) in [5.41, 5.74) is 2.84. The molecule has 88 valence electrons. The van der Waals surface area contributed by atoms with Crippen LogP contribution in [-0.2, 0) is 0 Å². The summed E-state index contributed by atoms with van der Waals surface area (Å²) in [7, 11) is 0. The fourth-order valence-electron chi connectivity index (χ4n) is 2.07. The van der Waals surface area contributed by atoms with E-state index in [1.54, 1.807) is 6.92 Å². The Bertz CT molecular complexity index is 760. The molecule has 3 rings (SSSR count). The summed E-state index contributed by atoms with van der Waals surface area (Å²) in [5.74, 6) is 0.637. The van der Waals surface area contributed by atoms with Gasteiger partial charge in [0.1, 0.15) is 5.82 Å². The molecule has 0 radical (unpaired) electrons. The number of hydrogen-bond acceptors (Lipinski definition) is 2. The SMILES string of the molecule is Cc1nc2cc(-c3ccccc3)ccc2c(=O)[nH]1. The smallest absolute Gasteiger partial charge is 0.258 e. The Balaban J connectivity index is 2.26. The van der Waals surface area contributed by atoms with Crippen molar-refractivity contribution in [3.8, 4) is 11.1 Å². The van der Waals surface area contributed by atoms with Gasteiger partial charge in [0.05, 0.1) is 10.9 Å². The molecule has 1 aromatic heterocycles. The number of fused-ring (bicyclic) bond motifs is 1. The molecular weight excluding hydrogens is 224 g/mol. The largest absolute Gasteiger partial charge is 0.310 e. The van der Waals surface area contributed by atoms with E-state index in [0.717, 1.165) is 16.6 Å². The third-order valence-electron chi connectivity index (χ3n) is 2.93. The molecular formula is C15H12N2O. The maximum Gasteiger partial charge on any atom is 0.258 e. The van der Waals surface area contributed by atoms with E-state index in [1.165, 1.54) is 0 Å². The first kappa shape index (κ1) is 10.7. The number of aromatic nitrogens is 2. The second-order valence-electron chi connectivity index (χ2n) is 4.25. The molecule has 0 amide bonds. The van der Waals surface area contributed by atoms with E-state index in [4.69, 9.17) is 0 Å². The van der Waals surface area contributed by atoms with Crippen LogP contribution < -0.4 is 5.56 Å². The second kappa shape index (κ2) is 4.11. The molecule has 0 unspecified atom stereocenters. The predicted octanol–water partition coefficient (Wildman–Crippen LogP) is 2.90. The van der Waals surface area contributed by atoms with Gasteiger partial charge in [-0.2, -0.15) is 0 Å². The number of aromatic amines is 1. The summed E-state index contributed by atoms with van der Waals surface area (Å²) in [4.78, 5) is 18.8. The molecule has 3 nitrogen and oxygen atoms in total. The summed E-state index contributed by atoms with van der Waals surface area (Å²) in [6.45, 7) is 1.79. The van der Waals surface area contributed by atoms with Crippen molar-refractivity contribution in [2.24, 2.45) is 0 Å². The van der Waals surface area contributed by atoms with Crippen molar-refractivity contribution in [2.45, 2.75) is 6.92 Å². The summed E-state index contributed by atoms with van der Waals surface area (Å²) >= 11 is 0. The molecule has 0 spiro atoms. The zero-order valence-electron chi connectivity index (χ0n) is 9.97. The molecule has 0 atom stereocenters. The van der Waals surface area contributed by atoms with Gasteiger partial charge in [-0.1, -0.05) is 36.4 Å². The molecule has 1 heterocycles. The minimum atomic E-state index is -0.0860. The second-order valence-corrected chi connectivity index (χ2v) is 4.25. The van der Waals surface area contributed by atoms with Gasteiger partial charge in [0.2, 0.25) is 0 Å². The first-order valence-corrected chi connectivity index (χ1v) is 5.80. The van der Waals surface area contributed by atoms with Crippen LogP contribution in [0.4, 0.5) is 0 Å². The van der Waals surface area contributed by atoms with Gasteiger partial charge in [0, 0.05) is 0 Å². The van der Waals surface area contributed by atoms with Gasteiger partial charge >= 0.3 is 0 Å². The molecule has 0 fully saturated rings.